The number of alkyl halides is 3. The molecule has 142 valence electrons. The maximum absolute atomic E-state index is 12.8. The first-order valence-electron chi connectivity index (χ1n) is 8.00. The first-order chi connectivity index (χ1) is 12.8. The second-order valence-electron chi connectivity index (χ2n) is 5.58. The van der Waals surface area contributed by atoms with E-state index in [-0.39, 0.29) is 23.7 Å². The molecule has 8 heteroatoms. The van der Waals surface area contributed by atoms with E-state index >= 15 is 0 Å². The topological polar surface area (TPSA) is 70.2 Å². The Kier molecular flexibility index (Phi) is 6.73. The Labute approximate surface area is 154 Å². The molecule has 0 spiro atoms. The van der Waals surface area contributed by atoms with Crippen LogP contribution in [0.25, 0.3) is 0 Å². The van der Waals surface area contributed by atoms with Gasteiger partial charge in [-0.15, -0.1) is 6.58 Å². The molecule has 5 nitrogen and oxygen atoms in total. The average Bonchev–Trinajstić information content (AvgIpc) is 2.61. The summed E-state index contributed by atoms with van der Waals surface area (Å²) in [5.41, 5.74) is -0.229. The molecule has 0 unspecified atom stereocenters. The number of nitrogens with one attached hydrogen (secondary N) is 3. The van der Waals surface area contributed by atoms with Crippen LogP contribution in [0.1, 0.15) is 15.9 Å². The largest absolute Gasteiger partial charge is 0.416 e. The van der Waals surface area contributed by atoms with Gasteiger partial charge in [0.25, 0.3) is 5.91 Å². The van der Waals surface area contributed by atoms with Gasteiger partial charge in [-0.3, -0.25) is 9.59 Å². The third-order valence-corrected chi connectivity index (χ3v) is 3.43. The summed E-state index contributed by atoms with van der Waals surface area (Å²) in [7, 11) is 0. The van der Waals surface area contributed by atoms with Gasteiger partial charge in [-0.05, 0) is 36.4 Å². The molecule has 2 amide bonds. The zero-order chi connectivity index (χ0) is 19.9. The van der Waals surface area contributed by atoms with Crippen molar-refractivity contribution in [3.8, 4) is 0 Å². The highest BCUT2D eigenvalue weighted by Crippen LogP contribution is 2.30. The number of rotatable bonds is 7. The summed E-state index contributed by atoms with van der Waals surface area (Å²) in [6.45, 7) is 4.08. The van der Waals surface area contributed by atoms with E-state index in [4.69, 9.17) is 0 Å². The van der Waals surface area contributed by atoms with Gasteiger partial charge in [0.1, 0.15) is 0 Å². The van der Waals surface area contributed by atoms with Crippen molar-refractivity contribution in [2.45, 2.75) is 6.18 Å². The van der Waals surface area contributed by atoms with E-state index in [1.165, 1.54) is 24.3 Å². The van der Waals surface area contributed by atoms with Gasteiger partial charge < -0.3 is 16.0 Å². The fourth-order valence-electron chi connectivity index (χ4n) is 2.21. The number of anilines is 2. The predicted octanol–water partition coefficient (Wildman–Crippen LogP) is 3.67. The molecule has 0 radical (unpaired) electrons. The zero-order valence-corrected chi connectivity index (χ0v) is 14.3. The van der Waals surface area contributed by atoms with Crippen LogP contribution in [0.15, 0.2) is 61.2 Å². The number of carbonyl (C=O) groups is 2. The van der Waals surface area contributed by atoms with Crippen LogP contribution in [0, 0.1) is 0 Å². The van der Waals surface area contributed by atoms with Crippen LogP contribution < -0.4 is 16.0 Å². The Bertz CT molecular complexity index is 835. The zero-order valence-electron chi connectivity index (χ0n) is 14.3. The molecule has 0 saturated heterocycles. The van der Waals surface area contributed by atoms with Crippen molar-refractivity contribution in [1.82, 2.24) is 5.32 Å². The van der Waals surface area contributed by atoms with Gasteiger partial charge in [0.05, 0.1) is 12.1 Å². The summed E-state index contributed by atoms with van der Waals surface area (Å²) in [4.78, 5) is 24.1. The minimum Gasteiger partial charge on any atom is -0.325 e. The standard InChI is InChI=1S/C19H18F3N3O2/c1-2-9-23-12-17(26)24-15-7-3-5-13(10-15)18(27)25-16-8-4-6-14(11-16)19(20,21)22/h2-8,10-11,23H,1,9,12H2,(H,24,26)(H,25,27). The highest BCUT2D eigenvalue weighted by atomic mass is 19.4. The lowest BCUT2D eigenvalue weighted by molar-refractivity contribution is -0.137. The number of hydrogen-bond acceptors (Lipinski definition) is 3. The molecule has 0 aliphatic rings. The lowest BCUT2D eigenvalue weighted by Gasteiger charge is -2.11. The second-order valence-corrected chi connectivity index (χ2v) is 5.58. The number of halogens is 3. The van der Waals surface area contributed by atoms with E-state index in [0.717, 1.165) is 12.1 Å². The Morgan fingerprint density at radius 3 is 2.33 bits per heavy atom. The molecule has 0 aliphatic heterocycles. The normalized spacial score (nSPS) is 10.9. The van der Waals surface area contributed by atoms with E-state index < -0.39 is 17.6 Å². The smallest absolute Gasteiger partial charge is 0.325 e. The Morgan fingerprint density at radius 1 is 1.00 bits per heavy atom. The fraction of sp³-hybridized carbons (Fsp3) is 0.158. The monoisotopic (exact) mass is 377 g/mol. The van der Waals surface area contributed by atoms with Crippen LogP contribution in [-0.4, -0.2) is 24.9 Å². The highest BCUT2D eigenvalue weighted by molar-refractivity contribution is 6.05. The number of carbonyl (C=O) groups excluding carboxylic acids is 2. The van der Waals surface area contributed by atoms with Crippen LogP contribution in [0.3, 0.4) is 0 Å². The van der Waals surface area contributed by atoms with Crippen LogP contribution >= 0.6 is 0 Å². The summed E-state index contributed by atoms with van der Waals surface area (Å²) in [6, 6.07) is 10.5. The van der Waals surface area contributed by atoms with Gasteiger partial charge in [-0.1, -0.05) is 18.2 Å². The van der Waals surface area contributed by atoms with Gasteiger partial charge in [0.2, 0.25) is 5.91 Å². The lowest BCUT2D eigenvalue weighted by atomic mass is 10.1. The molecule has 3 N–H and O–H groups in total. The van der Waals surface area contributed by atoms with Gasteiger partial charge in [0, 0.05) is 23.5 Å². The first-order valence-corrected chi connectivity index (χ1v) is 8.00. The summed E-state index contributed by atoms with van der Waals surface area (Å²) in [6.07, 6.45) is -2.88. The molecule has 27 heavy (non-hydrogen) atoms. The van der Waals surface area contributed by atoms with Crippen molar-refractivity contribution in [1.29, 1.82) is 0 Å². The van der Waals surface area contributed by atoms with Crippen molar-refractivity contribution in [2.24, 2.45) is 0 Å². The molecule has 2 aromatic rings. The SMILES string of the molecule is C=CCNCC(=O)Nc1cccc(C(=O)Nc2cccc(C(F)(F)F)c2)c1. The molecule has 0 bridgehead atoms. The Hall–Kier alpha value is -3.13. The first kappa shape index (κ1) is 20.2. The minimum absolute atomic E-state index is 0.0258. The third-order valence-electron chi connectivity index (χ3n) is 3.43. The Morgan fingerprint density at radius 2 is 1.67 bits per heavy atom. The summed E-state index contributed by atoms with van der Waals surface area (Å²) >= 11 is 0. The van der Waals surface area contributed by atoms with E-state index in [1.54, 1.807) is 18.2 Å². The summed E-state index contributed by atoms with van der Waals surface area (Å²) in [5.74, 6) is -0.887. The van der Waals surface area contributed by atoms with E-state index in [0.29, 0.717) is 12.2 Å². The number of amides is 2. The third kappa shape index (κ3) is 6.27. The van der Waals surface area contributed by atoms with Gasteiger partial charge in [-0.2, -0.15) is 13.2 Å². The molecule has 0 fully saturated rings. The van der Waals surface area contributed by atoms with Crippen molar-refractivity contribution in [3.05, 3.63) is 72.3 Å². The van der Waals surface area contributed by atoms with Gasteiger partial charge in [-0.25, -0.2) is 0 Å². The number of hydrogen-bond donors (Lipinski definition) is 3. The minimum atomic E-state index is -4.50. The van der Waals surface area contributed by atoms with Crippen molar-refractivity contribution >= 4 is 23.2 Å². The van der Waals surface area contributed by atoms with Gasteiger partial charge in [0.15, 0.2) is 0 Å². The number of benzene rings is 2. The van der Waals surface area contributed by atoms with Crippen molar-refractivity contribution in [2.75, 3.05) is 23.7 Å². The molecule has 0 saturated carbocycles. The van der Waals surface area contributed by atoms with Crippen LogP contribution in [0.5, 0.6) is 0 Å². The molecule has 0 aliphatic carbocycles. The van der Waals surface area contributed by atoms with Crippen molar-refractivity contribution in [3.63, 3.8) is 0 Å². The lowest BCUT2D eigenvalue weighted by Crippen LogP contribution is -2.28. The predicted molar refractivity (Wildman–Crippen MR) is 97.5 cm³/mol. The van der Waals surface area contributed by atoms with Crippen molar-refractivity contribution < 1.29 is 22.8 Å². The molecular weight excluding hydrogens is 359 g/mol. The van der Waals surface area contributed by atoms with E-state index in [9.17, 15) is 22.8 Å². The molecule has 2 aromatic carbocycles. The van der Waals surface area contributed by atoms with Gasteiger partial charge >= 0.3 is 6.18 Å². The molecule has 0 heterocycles. The van der Waals surface area contributed by atoms with Crippen LogP contribution in [0.2, 0.25) is 0 Å². The van der Waals surface area contributed by atoms with E-state index in [2.05, 4.69) is 22.5 Å². The average molecular weight is 377 g/mol. The quantitative estimate of drug-likeness (QED) is 0.509. The second kappa shape index (κ2) is 9.00. The molecule has 0 aromatic heterocycles. The van der Waals surface area contributed by atoms with E-state index in [1.807, 2.05) is 0 Å². The highest BCUT2D eigenvalue weighted by Gasteiger charge is 2.30. The maximum atomic E-state index is 12.8. The maximum Gasteiger partial charge on any atom is 0.416 e. The molecule has 0 atom stereocenters. The molecule has 2 rings (SSSR count). The fourth-order valence-corrected chi connectivity index (χ4v) is 2.21. The summed E-state index contributed by atoms with van der Waals surface area (Å²) in [5, 5.41) is 7.88. The molecular formula is C19H18F3N3O2. The summed E-state index contributed by atoms with van der Waals surface area (Å²) < 4.78 is 38.3. The van der Waals surface area contributed by atoms with Crippen LogP contribution in [0.4, 0.5) is 24.5 Å². The Balaban J connectivity index is 2.05. The van der Waals surface area contributed by atoms with Crippen LogP contribution in [-0.2, 0) is 11.0 Å².